The lowest BCUT2D eigenvalue weighted by Crippen LogP contribution is -1.96. The second-order valence-corrected chi connectivity index (χ2v) is 5.08. The molecule has 0 bridgehead atoms. The van der Waals surface area contributed by atoms with Gasteiger partial charge in [0.05, 0.1) is 11.6 Å². The Morgan fingerprint density at radius 3 is 2.22 bits per heavy atom. The minimum atomic E-state index is 0.311. The third-order valence-electron chi connectivity index (χ3n) is 2.38. The molecule has 0 fully saturated rings. The Hall–Kier alpha value is -1.68. The molecular weight excluding hydrogens is 341 g/mol. The highest BCUT2D eigenvalue weighted by Crippen LogP contribution is 2.27. The highest BCUT2D eigenvalue weighted by Gasteiger charge is 2.09. The Labute approximate surface area is 119 Å². The maximum absolute atomic E-state index is 8.88. The van der Waals surface area contributed by atoms with Gasteiger partial charge in [-0.05, 0) is 59.7 Å². The first kappa shape index (κ1) is 12.8. The lowest BCUT2D eigenvalue weighted by Gasteiger charge is -2.10. The van der Waals surface area contributed by atoms with E-state index in [9.17, 15) is 0 Å². The molecule has 0 aliphatic rings. The molecule has 0 saturated carbocycles. The Morgan fingerprint density at radius 1 is 1.17 bits per heavy atom. The van der Waals surface area contributed by atoms with Gasteiger partial charge in [-0.3, -0.25) is 0 Å². The third kappa shape index (κ3) is 2.76. The number of nitriles is 1. The normalized spacial score (nSPS) is 9.89. The first-order valence-corrected chi connectivity index (χ1v) is 6.35. The summed E-state index contributed by atoms with van der Waals surface area (Å²) < 4.78 is 6.61. The Morgan fingerprint density at radius 2 is 1.72 bits per heavy atom. The van der Waals surface area contributed by atoms with E-state index >= 15 is 0 Å². The number of ether oxygens (including phenoxy) is 1. The molecule has 5 heteroatoms. The number of hydrogen-bond acceptors (Lipinski definition) is 4. The van der Waals surface area contributed by atoms with Crippen LogP contribution in [0.25, 0.3) is 0 Å². The van der Waals surface area contributed by atoms with Gasteiger partial charge < -0.3 is 4.74 Å². The average Bonchev–Trinajstić information content (AvgIpc) is 2.35. The molecule has 0 amide bonds. The third-order valence-corrected chi connectivity index (χ3v) is 2.94. The van der Waals surface area contributed by atoms with E-state index in [1.807, 2.05) is 13.8 Å². The van der Waals surface area contributed by atoms with E-state index in [0.717, 1.165) is 14.7 Å². The number of halogens is 1. The van der Waals surface area contributed by atoms with Gasteiger partial charge >= 0.3 is 6.01 Å². The van der Waals surface area contributed by atoms with E-state index in [1.165, 1.54) is 0 Å². The molecule has 0 aliphatic carbocycles. The molecule has 0 saturated heterocycles. The summed E-state index contributed by atoms with van der Waals surface area (Å²) in [6.07, 6.45) is 3.38. The van der Waals surface area contributed by atoms with Crippen LogP contribution in [0.15, 0.2) is 24.5 Å². The van der Waals surface area contributed by atoms with Crippen LogP contribution in [0.3, 0.4) is 0 Å². The molecule has 4 nitrogen and oxygen atoms in total. The maximum atomic E-state index is 8.88. The molecule has 0 aliphatic heterocycles. The van der Waals surface area contributed by atoms with Crippen molar-refractivity contribution in [2.24, 2.45) is 0 Å². The number of nitrogens with zero attached hydrogens (tertiary/aromatic N) is 3. The summed E-state index contributed by atoms with van der Waals surface area (Å²) in [6, 6.07) is 6.00. The molecule has 1 heterocycles. The van der Waals surface area contributed by atoms with Crippen LogP contribution in [-0.4, -0.2) is 9.97 Å². The number of hydrogen-bond donors (Lipinski definition) is 0. The topological polar surface area (TPSA) is 58.8 Å². The Bertz CT molecular complexity index is 594. The van der Waals surface area contributed by atoms with Crippen LogP contribution in [0.1, 0.15) is 16.7 Å². The zero-order valence-corrected chi connectivity index (χ0v) is 12.1. The molecule has 90 valence electrons. The molecule has 2 aromatic rings. The van der Waals surface area contributed by atoms with Gasteiger partial charge in [0, 0.05) is 16.0 Å². The van der Waals surface area contributed by atoms with Crippen molar-refractivity contribution < 1.29 is 4.74 Å². The molecule has 2 rings (SSSR count). The fraction of sp³-hybridized carbons (Fsp3) is 0.154. The smallest absolute Gasteiger partial charge is 0.321 e. The van der Waals surface area contributed by atoms with E-state index in [4.69, 9.17) is 10.00 Å². The van der Waals surface area contributed by atoms with Gasteiger partial charge in [0.2, 0.25) is 0 Å². The molecular formula is C13H10IN3O. The molecule has 0 unspecified atom stereocenters. The quantitative estimate of drug-likeness (QED) is 0.779. The summed E-state index contributed by atoms with van der Waals surface area (Å²) in [5.74, 6) is 0.704. The predicted octanol–water partition coefficient (Wildman–Crippen LogP) is 3.36. The van der Waals surface area contributed by atoms with Crippen molar-refractivity contribution in [3.63, 3.8) is 0 Å². The monoisotopic (exact) mass is 351 g/mol. The van der Waals surface area contributed by atoms with Crippen LogP contribution in [0.5, 0.6) is 11.8 Å². The summed E-state index contributed by atoms with van der Waals surface area (Å²) in [7, 11) is 0. The predicted molar refractivity (Wildman–Crippen MR) is 75.5 cm³/mol. The number of aromatic nitrogens is 2. The van der Waals surface area contributed by atoms with E-state index in [0.29, 0.717) is 17.3 Å². The highest BCUT2D eigenvalue weighted by atomic mass is 127. The van der Waals surface area contributed by atoms with Gasteiger partial charge in [-0.15, -0.1) is 0 Å². The summed E-state index contributed by atoms with van der Waals surface area (Å²) in [5, 5.41) is 8.88. The van der Waals surface area contributed by atoms with Crippen molar-refractivity contribution >= 4 is 22.6 Å². The fourth-order valence-corrected chi connectivity index (χ4v) is 1.90. The van der Waals surface area contributed by atoms with Crippen LogP contribution in [0.4, 0.5) is 0 Å². The van der Waals surface area contributed by atoms with Crippen molar-refractivity contribution in [1.29, 1.82) is 5.26 Å². The summed E-state index contributed by atoms with van der Waals surface area (Å²) in [4.78, 5) is 8.19. The molecule has 18 heavy (non-hydrogen) atoms. The Kier molecular flexibility index (Phi) is 3.77. The first-order chi connectivity index (χ1) is 8.60. The zero-order valence-electron chi connectivity index (χ0n) is 9.94. The van der Waals surface area contributed by atoms with E-state index in [1.54, 1.807) is 24.5 Å². The number of aryl methyl sites for hydroxylation is 2. The largest absolute Gasteiger partial charge is 0.424 e. The van der Waals surface area contributed by atoms with Crippen molar-refractivity contribution in [1.82, 2.24) is 9.97 Å². The summed E-state index contributed by atoms with van der Waals surface area (Å²) in [6.45, 7) is 3.80. The molecule has 1 aromatic heterocycles. The highest BCUT2D eigenvalue weighted by molar-refractivity contribution is 14.1. The van der Waals surface area contributed by atoms with Gasteiger partial charge in [0.1, 0.15) is 5.75 Å². The summed E-state index contributed by atoms with van der Waals surface area (Å²) in [5.41, 5.74) is 2.42. The van der Waals surface area contributed by atoms with Crippen LogP contribution in [0, 0.1) is 28.7 Å². The zero-order chi connectivity index (χ0) is 13.1. The van der Waals surface area contributed by atoms with Gasteiger partial charge in [0.15, 0.2) is 0 Å². The lowest BCUT2D eigenvalue weighted by molar-refractivity contribution is 0.435. The lowest BCUT2D eigenvalue weighted by atomic mass is 10.1. The molecule has 1 aromatic carbocycles. The molecule has 0 N–H and O–H groups in total. The van der Waals surface area contributed by atoms with E-state index < -0.39 is 0 Å². The molecule has 0 spiro atoms. The van der Waals surface area contributed by atoms with Crippen molar-refractivity contribution in [3.05, 3.63) is 44.8 Å². The Balaban J connectivity index is 2.35. The first-order valence-electron chi connectivity index (χ1n) is 5.27. The van der Waals surface area contributed by atoms with Crippen molar-refractivity contribution in [3.8, 4) is 17.8 Å². The van der Waals surface area contributed by atoms with Crippen molar-refractivity contribution in [2.75, 3.05) is 0 Å². The van der Waals surface area contributed by atoms with Crippen LogP contribution < -0.4 is 4.74 Å². The SMILES string of the molecule is Cc1cc(C#N)cc(C)c1Oc1ncc(I)cn1. The van der Waals surface area contributed by atoms with Gasteiger partial charge in [-0.2, -0.15) is 5.26 Å². The van der Waals surface area contributed by atoms with Gasteiger partial charge in [-0.25, -0.2) is 9.97 Å². The molecule has 0 atom stereocenters. The van der Waals surface area contributed by atoms with E-state index in [-0.39, 0.29) is 0 Å². The van der Waals surface area contributed by atoms with Crippen molar-refractivity contribution in [2.45, 2.75) is 13.8 Å². The average molecular weight is 351 g/mol. The fourth-order valence-electron chi connectivity index (χ4n) is 1.62. The minimum absolute atomic E-state index is 0.311. The second-order valence-electron chi connectivity index (χ2n) is 3.84. The number of benzene rings is 1. The number of rotatable bonds is 2. The van der Waals surface area contributed by atoms with Gasteiger partial charge in [0.25, 0.3) is 0 Å². The standard InChI is InChI=1S/C13H10IN3O/c1-8-3-10(5-15)4-9(2)12(8)18-13-16-6-11(14)7-17-13/h3-4,6-7H,1-2H3. The van der Waals surface area contributed by atoms with Crippen LogP contribution in [-0.2, 0) is 0 Å². The maximum Gasteiger partial charge on any atom is 0.321 e. The van der Waals surface area contributed by atoms with Crippen LogP contribution in [0.2, 0.25) is 0 Å². The second kappa shape index (κ2) is 5.31. The molecule has 0 radical (unpaired) electrons. The minimum Gasteiger partial charge on any atom is -0.424 e. The summed E-state index contributed by atoms with van der Waals surface area (Å²) >= 11 is 2.13. The van der Waals surface area contributed by atoms with Gasteiger partial charge in [-0.1, -0.05) is 0 Å². The van der Waals surface area contributed by atoms with E-state index in [2.05, 4.69) is 38.6 Å². The van der Waals surface area contributed by atoms with Crippen LogP contribution >= 0.6 is 22.6 Å².